The van der Waals surface area contributed by atoms with Crippen LogP contribution in [0.1, 0.15) is 195 Å². The lowest BCUT2D eigenvalue weighted by Crippen LogP contribution is -2.51. The third-order valence-electron chi connectivity index (χ3n) is 12.9. The van der Waals surface area contributed by atoms with Crippen LogP contribution in [-0.4, -0.2) is 133 Å². The summed E-state index contributed by atoms with van der Waals surface area (Å²) in [7, 11) is 0. The van der Waals surface area contributed by atoms with Crippen LogP contribution in [0.5, 0.6) is 0 Å². The quantitative estimate of drug-likeness (QED) is 0.261. The second-order valence-electron chi connectivity index (χ2n) is 24.0. The summed E-state index contributed by atoms with van der Waals surface area (Å²) < 4.78 is 10.8. The lowest BCUT2D eigenvalue weighted by molar-refractivity contribution is -0.00389. The maximum atomic E-state index is 5.52. The molecule has 5 saturated heterocycles. The van der Waals surface area contributed by atoms with Crippen molar-refractivity contribution < 1.29 is 9.47 Å². The van der Waals surface area contributed by atoms with Gasteiger partial charge in [0.15, 0.2) is 0 Å². The molecule has 342 valence electrons. The van der Waals surface area contributed by atoms with E-state index in [9.17, 15) is 0 Å². The molecule has 6 rings (SSSR count). The van der Waals surface area contributed by atoms with Crippen LogP contribution in [0, 0.1) is 16.7 Å². The third kappa shape index (κ3) is 24.7. The van der Waals surface area contributed by atoms with Gasteiger partial charge in [-0.15, -0.1) is 0 Å². The van der Waals surface area contributed by atoms with E-state index in [4.69, 9.17) is 9.47 Å². The molecule has 0 aromatic rings. The minimum absolute atomic E-state index is 0.323. The molecule has 0 bridgehead atoms. The zero-order valence-electron chi connectivity index (χ0n) is 42.2. The smallest absolute Gasteiger partial charge is 0.0624 e. The predicted molar refractivity (Wildman–Crippen MR) is 252 cm³/mol. The van der Waals surface area contributed by atoms with Crippen molar-refractivity contribution in [3.8, 4) is 0 Å². The van der Waals surface area contributed by atoms with Crippen molar-refractivity contribution in [3.63, 3.8) is 0 Å². The summed E-state index contributed by atoms with van der Waals surface area (Å²) in [5, 5.41) is 3.35. The van der Waals surface area contributed by atoms with E-state index in [-0.39, 0.29) is 0 Å². The molecule has 1 unspecified atom stereocenters. The molecule has 1 saturated carbocycles. The van der Waals surface area contributed by atoms with Crippen molar-refractivity contribution in [1.82, 2.24) is 24.9 Å². The van der Waals surface area contributed by atoms with E-state index in [1.54, 1.807) is 0 Å². The van der Waals surface area contributed by atoms with E-state index < -0.39 is 0 Å². The Morgan fingerprint density at radius 2 is 0.737 bits per heavy atom. The zero-order chi connectivity index (χ0) is 43.6. The van der Waals surface area contributed by atoms with Gasteiger partial charge in [-0.1, -0.05) is 60.8 Å². The standard InChI is InChI=1S/C9H19N.C9H18.C8H18N2.C8H17NO.C8H17N.C8H16O/c1-9(2,3)10-7-5-4-6-8-10;1-9(2,3)8-6-4-5-7-8;1-8(2,3)10-6-4-9-5-7-10;1-8(2,3)9-4-6-10-7-5-9;1-8(2,3)9-6-4-5-7-9;1-8(2,3)7-5-4-6-9-7/h4-8H2,1-3H3;8H,4-7H2,1-3H3;9H,4-7H2,1-3H3;4-7H2,1-3H3;4-7H2,1-3H3;7H,4-6H2,1-3H3. The zero-order valence-corrected chi connectivity index (χ0v) is 42.2. The van der Waals surface area contributed by atoms with Crippen LogP contribution in [0.15, 0.2) is 0 Å². The number of rotatable bonds is 0. The molecule has 0 spiro atoms. The van der Waals surface area contributed by atoms with Crippen LogP contribution in [0.4, 0.5) is 0 Å². The molecule has 7 heteroatoms. The second kappa shape index (κ2) is 25.6. The molecule has 0 aromatic carbocycles. The first-order valence-corrected chi connectivity index (χ1v) is 24.0. The summed E-state index contributed by atoms with van der Waals surface area (Å²) >= 11 is 0. The van der Waals surface area contributed by atoms with Gasteiger partial charge in [0.1, 0.15) is 0 Å². The van der Waals surface area contributed by atoms with Crippen LogP contribution in [-0.2, 0) is 9.47 Å². The summed E-state index contributed by atoms with van der Waals surface area (Å²) in [6.07, 6.45) is 16.0. The normalized spacial score (nSPS) is 24.0. The van der Waals surface area contributed by atoms with E-state index >= 15 is 0 Å². The number of likely N-dealkylation sites (tertiary alicyclic amines) is 2. The summed E-state index contributed by atoms with van der Waals surface area (Å²) in [4.78, 5) is 10.1. The second-order valence-corrected chi connectivity index (χ2v) is 24.0. The maximum absolute atomic E-state index is 5.52. The Morgan fingerprint density at radius 3 is 0.982 bits per heavy atom. The molecule has 57 heavy (non-hydrogen) atoms. The number of piperidine rings is 1. The molecular weight excluding hydrogens is 703 g/mol. The number of hydrogen-bond donors (Lipinski definition) is 1. The van der Waals surface area contributed by atoms with Crippen LogP contribution < -0.4 is 5.32 Å². The monoisotopic (exact) mass is 808 g/mol. The van der Waals surface area contributed by atoms with Crippen molar-refractivity contribution in [3.05, 3.63) is 0 Å². The number of morpholine rings is 1. The number of nitrogens with one attached hydrogen (secondary N) is 1. The summed E-state index contributed by atoms with van der Waals surface area (Å²) in [6, 6.07) is 0. The largest absolute Gasteiger partial charge is 0.379 e. The van der Waals surface area contributed by atoms with Gasteiger partial charge >= 0.3 is 0 Å². The SMILES string of the molecule is CC(C)(C)C1CCCC1.CC(C)(C)C1CCCO1.CC(C)(C)N1CCCC1.CC(C)(C)N1CCCCC1.CC(C)(C)N1CCNCC1.CC(C)(C)N1CCOCC1. The molecule has 1 atom stereocenters. The van der Waals surface area contributed by atoms with E-state index in [0.717, 1.165) is 51.9 Å². The molecule has 0 aromatic heterocycles. The lowest BCUT2D eigenvalue weighted by Gasteiger charge is -2.38. The molecule has 0 radical (unpaired) electrons. The van der Waals surface area contributed by atoms with Crippen molar-refractivity contribution in [2.24, 2.45) is 16.7 Å². The van der Waals surface area contributed by atoms with Crippen LogP contribution in [0.2, 0.25) is 0 Å². The Kier molecular flexibility index (Phi) is 24.6. The number of nitrogens with zero attached hydrogens (tertiary/aromatic N) is 4. The van der Waals surface area contributed by atoms with Crippen molar-refractivity contribution in [1.29, 1.82) is 0 Å². The average Bonchev–Trinajstić information content (AvgIpc) is 3.94. The topological polar surface area (TPSA) is 43.5 Å². The van der Waals surface area contributed by atoms with Crippen LogP contribution >= 0.6 is 0 Å². The maximum Gasteiger partial charge on any atom is 0.0624 e. The fourth-order valence-corrected chi connectivity index (χ4v) is 8.58. The van der Waals surface area contributed by atoms with E-state index in [0.29, 0.717) is 39.1 Å². The summed E-state index contributed by atoms with van der Waals surface area (Å²) in [6.45, 7) is 56.0. The third-order valence-corrected chi connectivity index (χ3v) is 12.9. The fraction of sp³-hybridized carbons (Fsp3) is 1.00. The van der Waals surface area contributed by atoms with Crippen LogP contribution in [0.25, 0.3) is 0 Å². The number of hydrogen-bond acceptors (Lipinski definition) is 7. The lowest BCUT2D eigenvalue weighted by atomic mass is 9.80. The number of piperazine rings is 1. The summed E-state index contributed by atoms with van der Waals surface area (Å²) in [5.41, 5.74) is 2.44. The van der Waals surface area contributed by atoms with Gasteiger partial charge in [-0.2, -0.15) is 0 Å². The van der Waals surface area contributed by atoms with Crippen molar-refractivity contribution in [2.45, 2.75) is 224 Å². The highest BCUT2D eigenvalue weighted by Crippen LogP contribution is 2.38. The Labute approximate surface area is 358 Å². The molecule has 5 heterocycles. The Balaban J connectivity index is 0.000000342. The molecule has 0 amide bonds. The van der Waals surface area contributed by atoms with Crippen LogP contribution in [0.3, 0.4) is 0 Å². The van der Waals surface area contributed by atoms with E-state index in [1.165, 1.54) is 110 Å². The van der Waals surface area contributed by atoms with Gasteiger partial charge in [-0.3, -0.25) is 19.6 Å². The minimum Gasteiger partial charge on any atom is -0.379 e. The highest BCUT2D eigenvalue weighted by atomic mass is 16.5. The van der Waals surface area contributed by atoms with E-state index in [1.807, 2.05) is 0 Å². The minimum atomic E-state index is 0.323. The van der Waals surface area contributed by atoms with Gasteiger partial charge < -0.3 is 14.8 Å². The van der Waals surface area contributed by atoms with Crippen molar-refractivity contribution in [2.75, 3.05) is 85.3 Å². The highest BCUT2D eigenvalue weighted by molar-refractivity contribution is 4.82. The van der Waals surface area contributed by atoms with Crippen molar-refractivity contribution >= 4 is 0 Å². The van der Waals surface area contributed by atoms with Gasteiger partial charge in [0.25, 0.3) is 0 Å². The summed E-state index contributed by atoms with van der Waals surface area (Å²) in [5.74, 6) is 1.01. The van der Waals surface area contributed by atoms with Gasteiger partial charge in [-0.25, -0.2) is 0 Å². The number of ether oxygens (including phenoxy) is 2. The average molecular weight is 808 g/mol. The Morgan fingerprint density at radius 1 is 0.368 bits per heavy atom. The fourth-order valence-electron chi connectivity index (χ4n) is 8.58. The molecule has 5 aliphatic heterocycles. The molecular formula is C50H105N5O2. The predicted octanol–water partition coefficient (Wildman–Crippen LogP) is 11.4. The molecule has 7 nitrogen and oxygen atoms in total. The van der Waals surface area contributed by atoms with Gasteiger partial charge in [0.05, 0.1) is 19.3 Å². The highest BCUT2D eigenvalue weighted by Gasteiger charge is 2.29. The molecule has 1 aliphatic carbocycles. The first-order chi connectivity index (χ1) is 26.1. The van der Waals surface area contributed by atoms with Gasteiger partial charge in [0.2, 0.25) is 0 Å². The molecule has 6 fully saturated rings. The van der Waals surface area contributed by atoms with Gasteiger partial charge in [0, 0.05) is 68.0 Å². The van der Waals surface area contributed by atoms with Gasteiger partial charge in [-0.05, 0) is 177 Å². The Bertz CT molecular complexity index is 842. The first-order valence-electron chi connectivity index (χ1n) is 24.0. The van der Waals surface area contributed by atoms with E-state index in [2.05, 4.69) is 150 Å². The molecule has 6 aliphatic rings. The Hall–Kier alpha value is -0.280. The first kappa shape index (κ1) is 54.7. The molecule has 1 N–H and O–H groups in total.